The number of anilines is 2. The maximum atomic E-state index is 12.7. The van der Waals surface area contributed by atoms with Gasteiger partial charge < -0.3 is 15.7 Å². The Kier molecular flexibility index (Phi) is 7.52. The third-order valence-electron chi connectivity index (χ3n) is 5.19. The summed E-state index contributed by atoms with van der Waals surface area (Å²) >= 11 is 1.39. The Labute approximate surface area is 186 Å². The number of carbonyl (C=O) groups is 3. The van der Waals surface area contributed by atoms with Crippen LogP contribution in [0.15, 0.2) is 65.6 Å². The first-order valence-electron chi connectivity index (χ1n) is 10.2. The minimum atomic E-state index is -0.956. The summed E-state index contributed by atoms with van der Waals surface area (Å²) in [6.45, 7) is 3.81. The van der Waals surface area contributed by atoms with Crippen molar-refractivity contribution >= 4 is 40.9 Å². The maximum absolute atomic E-state index is 12.7. The number of hydrogen-bond acceptors (Lipinski definition) is 4. The van der Waals surface area contributed by atoms with Crippen LogP contribution in [0.1, 0.15) is 25.3 Å². The van der Waals surface area contributed by atoms with Crippen LogP contribution in [-0.2, 0) is 14.4 Å². The number of carbonyl (C=O) groups excluding carboxylic acids is 2. The van der Waals surface area contributed by atoms with E-state index in [-0.39, 0.29) is 17.1 Å². The smallest absolute Gasteiger partial charge is 0.307 e. The van der Waals surface area contributed by atoms with Crippen LogP contribution >= 0.6 is 11.8 Å². The molecule has 31 heavy (non-hydrogen) atoms. The maximum Gasteiger partial charge on any atom is 0.307 e. The molecule has 0 saturated heterocycles. The van der Waals surface area contributed by atoms with Gasteiger partial charge in [0.05, 0.1) is 17.1 Å². The number of carboxylic acids is 1. The molecule has 7 heteroatoms. The van der Waals surface area contributed by atoms with Gasteiger partial charge in [0.1, 0.15) is 0 Å². The number of thioether (sulfide) groups is 1. The number of aryl methyl sites for hydroxylation is 1. The first-order valence-corrected chi connectivity index (χ1v) is 11.0. The highest BCUT2D eigenvalue weighted by Gasteiger charge is 2.34. The molecule has 0 fully saturated rings. The molecule has 2 aromatic rings. The molecule has 0 spiro atoms. The Bertz CT molecular complexity index is 987. The summed E-state index contributed by atoms with van der Waals surface area (Å²) in [7, 11) is 0. The molecule has 2 amide bonds. The number of aliphatic carboxylic acids is 1. The zero-order valence-corrected chi connectivity index (χ0v) is 18.3. The predicted octanol–water partition coefficient (Wildman–Crippen LogP) is 4.72. The highest BCUT2D eigenvalue weighted by Crippen LogP contribution is 2.29. The normalized spacial score (nSPS) is 18.8. The van der Waals surface area contributed by atoms with Gasteiger partial charge in [-0.15, -0.1) is 11.8 Å². The number of hydrogen-bond donors (Lipinski definition) is 3. The predicted molar refractivity (Wildman–Crippen MR) is 123 cm³/mol. The van der Waals surface area contributed by atoms with E-state index in [0.29, 0.717) is 18.5 Å². The van der Waals surface area contributed by atoms with Gasteiger partial charge in [-0.2, -0.15) is 0 Å². The van der Waals surface area contributed by atoms with E-state index in [1.165, 1.54) is 11.8 Å². The first kappa shape index (κ1) is 22.6. The molecule has 0 aromatic heterocycles. The molecule has 162 valence electrons. The van der Waals surface area contributed by atoms with Crippen LogP contribution in [0, 0.1) is 18.8 Å². The van der Waals surface area contributed by atoms with Gasteiger partial charge in [-0.3, -0.25) is 14.4 Å². The molecule has 0 radical (unpaired) electrons. The zero-order valence-electron chi connectivity index (χ0n) is 17.5. The van der Waals surface area contributed by atoms with Gasteiger partial charge in [0.25, 0.3) is 0 Å². The number of nitrogens with one attached hydrogen (secondary N) is 2. The number of rotatable bonds is 7. The summed E-state index contributed by atoms with van der Waals surface area (Å²) in [6, 6.07) is 14.8. The van der Waals surface area contributed by atoms with Crippen molar-refractivity contribution in [3.8, 4) is 0 Å². The number of benzene rings is 2. The molecular formula is C24H26N2O4S. The van der Waals surface area contributed by atoms with Crippen LogP contribution in [0.5, 0.6) is 0 Å². The lowest BCUT2D eigenvalue weighted by Gasteiger charge is -2.24. The van der Waals surface area contributed by atoms with Crippen LogP contribution in [0.2, 0.25) is 0 Å². The Morgan fingerprint density at radius 1 is 0.968 bits per heavy atom. The molecule has 0 heterocycles. The molecule has 3 rings (SSSR count). The standard InChI is InChI=1S/C24H26N2O4S/c1-15-10-12-17(13-11-15)25-22(27)16(2)31-19-7-5-6-18(14-19)26-23(28)20-8-3-4-9-21(20)24(29)30/h3-7,10-14,16,20-21H,8-9H2,1-2H3,(H,25,27)(H,26,28)(H,29,30). The monoisotopic (exact) mass is 438 g/mol. The summed E-state index contributed by atoms with van der Waals surface area (Å²) in [5, 5.41) is 14.8. The van der Waals surface area contributed by atoms with Gasteiger partial charge in [0.15, 0.2) is 0 Å². The van der Waals surface area contributed by atoms with Gasteiger partial charge in [0.2, 0.25) is 11.8 Å². The molecule has 0 aliphatic heterocycles. The highest BCUT2D eigenvalue weighted by molar-refractivity contribution is 8.00. The molecule has 3 unspecified atom stereocenters. The van der Waals surface area contributed by atoms with E-state index in [4.69, 9.17) is 0 Å². The van der Waals surface area contributed by atoms with Gasteiger partial charge in [-0.1, -0.05) is 35.9 Å². The van der Waals surface area contributed by atoms with Crippen LogP contribution < -0.4 is 10.6 Å². The molecule has 3 N–H and O–H groups in total. The molecule has 0 bridgehead atoms. The Morgan fingerprint density at radius 3 is 2.32 bits per heavy atom. The molecule has 2 aromatic carbocycles. The number of allylic oxidation sites excluding steroid dienone is 2. The lowest BCUT2D eigenvalue weighted by Crippen LogP contribution is -2.34. The van der Waals surface area contributed by atoms with E-state index in [2.05, 4.69) is 10.6 Å². The van der Waals surface area contributed by atoms with Crippen molar-refractivity contribution in [3.05, 3.63) is 66.2 Å². The molecule has 1 aliphatic rings. The van der Waals surface area contributed by atoms with E-state index < -0.39 is 17.8 Å². The average molecular weight is 439 g/mol. The van der Waals surface area contributed by atoms with Crippen LogP contribution in [0.4, 0.5) is 11.4 Å². The second-order valence-corrected chi connectivity index (χ2v) is 9.04. The third kappa shape index (κ3) is 6.21. The molecule has 1 aliphatic carbocycles. The molecular weight excluding hydrogens is 412 g/mol. The van der Waals surface area contributed by atoms with Gasteiger partial charge in [0, 0.05) is 16.3 Å². The van der Waals surface area contributed by atoms with Gasteiger partial charge >= 0.3 is 5.97 Å². The molecule has 0 saturated carbocycles. The van der Waals surface area contributed by atoms with Crippen molar-refractivity contribution in [2.45, 2.75) is 36.8 Å². The summed E-state index contributed by atoms with van der Waals surface area (Å²) in [5.41, 5.74) is 2.46. The van der Waals surface area contributed by atoms with Gasteiger partial charge in [-0.05, 0) is 57.0 Å². The summed E-state index contributed by atoms with van der Waals surface area (Å²) in [5.74, 6) is -2.68. The average Bonchev–Trinajstić information content (AvgIpc) is 2.75. The van der Waals surface area contributed by atoms with Crippen molar-refractivity contribution in [2.75, 3.05) is 10.6 Å². The largest absolute Gasteiger partial charge is 0.481 e. The summed E-state index contributed by atoms with van der Waals surface area (Å²) in [4.78, 5) is 37.5. The first-order chi connectivity index (χ1) is 14.8. The second-order valence-electron chi connectivity index (χ2n) is 7.63. The molecule has 3 atom stereocenters. The molecule has 6 nitrogen and oxygen atoms in total. The number of amides is 2. The van der Waals surface area contributed by atoms with Crippen molar-refractivity contribution in [1.82, 2.24) is 0 Å². The van der Waals surface area contributed by atoms with E-state index >= 15 is 0 Å². The van der Waals surface area contributed by atoms with E-state index in [1.807, 2.05) is 56.3 Å². The topological polar surface area (TPSA) is 95.5 Å². The fourth-order valence-electron chi connectivity index (χ4n) is 3.40. The fraction of sp³-hybridized carbons (Fsp3) is 0.292. The van der Waals surface area contributed by atoms with Crippen molar-refractivity contribution in [2.24, 2.45) is 11.8 Å². The minimum Gasteiger partial charge on any atom is -0.481 e. The number of carboxylic acid groups (broad SMARTS) is 1. The lowest BCUT2D eigenvalue weighted by atomic mass is 9.82. The van der Waals surface area contributed by atoms with Crippen LogP contribution in [0.25, 0.3) is 0 Å². The van der Waals surface area contributed by atoms with Crippen LogP contribution in [-0.4, -0.2) is 28.1 Å². The minimum absolute atomic E-state index is 0.110. The quantitative estimate of drug-likeness (QED) is 0.429. The Balaban J connectivity index is 1.61. The summed E-state index contributed by atoms with van der Waals surface area (Å²) < 4.78 is 0. The van der Waals surface area contributed by atoms with Crippen molar-refractivity contribution < 1.29 is 19.5 Å². The second kappa shape index (κ2) is 10.3. The van der Waals surface area contributed by atoms with Crippen molar-refractivity contribution in [1.29, 1.82) is 0 Å². The lowest BCUT2D eigenvalue weighted by molar-refractivity contribution is -0.146. The Hall–Kier alpha value is -3.06. The van der Waals surface area contributed by atoms with Crippen LogP contribution in [0.3, 0.4) is 0 Å². The Morgan fingerprint density at radius 2 is 1.65 bits per heavy atom. The summed E-state index contributed by atoms with van der Waals surface area (Å²) in [6.07, 6.45) is 4.43. The van der Waals surface area contributed by atoms with E-state index in [1.54, 1.807) is 18.2 Å². The third-order valence-corrected chi connectivity index (χ3v) is 6.28. The highest BCUT2D eigenvalue weighted by atomic mass is 32.2. The van der Waals surface area contributed by atoms with Crippen molar-refractivity contribution in [3.63, 3.8) is 0 Å². The fourth-order valence-corrected chi connectivity index (χ4v) is 4.32. The van der Waals surface area contributed by atoms with Gasteiger partial charge in [-0.25, -0.2) is 0 Å². The van der Waals surface area contributed by atoms with E-state index in [9.17, 15) is 19.5 Å². The SMILES string of the molecule is Cc1ccc(NC(=O)C(C)Sc2cccc(NC(=O)C3CC=CCC3C(=O)O)c2)cc1. The zero-order chi connectivity index (χ0) is 22.4. The van der Waals surface area contributed by atoms with E-state index in [0.717, 1.165) is 16.1 Å².